The van der Waals surface area contributed by atoms with E-state index in [0.717, 1.165) is 27.8 Å². The van der Waals surface area contributed by atoms with Gasteiger partial charge < -0.3 is 19.6 Å². The van der Waals surface area contributed by atoms with Crippen LogP contribution >= 0.6 is 0 Å². The molecule has 1 aliphatic heterocycles. The second-order valence-electron chi connectivity index (χ2n) is 8.90. The molecule has 0 bridgehead atoms. The van der Waals surface area contributed by atoms with Crippen molar-refractivity contribution in [3.8, 4) is 16.9 Å². The summed E-state index contributed by atoms with van der Waals surface area (Å²) in [7, 11) is 0. The van der Waals surface area contributed by atoms with Crippen LogP contribution in [0.25, 0.3) is 27.7 Å². The van der Waals surface area contributed by atoms with Crippen LogP contribution in [0.3, 0.4) is 0 Å². The first-order chi connectivity index (χ1) is 15.3. The van der Waals surface area contributed by atoms with Crippen LogP contribution in [0.1, 0.15) is 20.8 Å². The Bertz CT molecular complexity index is 1280. The molecule has 4 aromatic rings. The molecule has 0 unspecified atom stereocenters. The number of H-pyrrole nitrogens is 1. The lowest BCUT2D eigenvalue weighted by Gasteiger charge is -2.36. The van der Waals surface area contributed by atoms with Crippen molar-refractivity contribution in [2.75, 3.05) is 31.1 Å². The Balaban J connectivity index is 1.35. The van der Waals surface area contributed by atoms with Crippen LogP contribution in [0.15, 0.2) is 36.8 Å². The summed E-state index contributed by atoms with van der Waals surface area (Å²) >= 11 is 0. The maximum Gasteiger partial charge on any atom is 0.410 e. The maximum atomic E-state index is 12.3. The number of piperazine rings is 1. The number of rotatable bonds is 2. The molecular formula is C22H25N7O3. The molecule has 1 aliphatic rings. The Hall–Kier alpha value is -3.82. The van der Waals surface area contributed by atoms with Crippen LogP contribution in [0.4, 0.5) is 10.6 Å². The quantitative estimate of drug-likeness (QED) is 0.498. The second-order valence-corrected chi connectivity index (χ2v) is 8.90. The van der Waals surface area contributed by atoms with Gasteiger partial charge >= 0.3 is 6.09 Å². The molecule has 0 saturated carbocycles. The number of carbonyl (C=O) groups is 1. The summed E-state index contributed by atoms with van der Waals surface area (Å²) in [5, 5.41) is 22.4. The molecule has 0 radical (unpaired) electrons. The Morgan fingerprint density at radius 3 is 2.62 bits per heavy atom. The highest BCUT2D eigenvalue weighted by Gasteiger charge is 2.26. The van der Waals surface area contributed by atoms with E-state index in [-0.39, 0.29) is 11.8 Å². The highest BCUT2D eigenvalue weighted by molar-refractivity contribution is 6.00. The van der Waals surface area contributed by atoms with Gasteiger partial charge in [-0.2, -0.15) is 5.10 Å². The molecule has 166 valence electrons. The molecule has 0 atom stereocenters. The number of amides is 1. The van der Waals surface area contributed by atoms with Gasteiger partial charge in [-0.05, 0) is 39.0 Å². The van der Waals surface area contributed by atoms with Crippen molar-refractivity contribution in [1.82, 2.24) is 29.7 Å². The third-order valence-electron chi connectivity index (χ3n) is 5.43. The summed E-state index contributed by atoms with van der Waals surface area (Å²) in [6.45, 7) is 8.14. The highest BCUT2D eigenvalue weighted by Crippen LogP contribution is 2.32. The molecule has 1 saturated heterocycles. The highest BCUT2D eigenvalue weighted by atomic mass is 16.6. The number of nitrogens with zero attached hydrogens (tertiary/aromatic N) is 6. The Morgan fingerprint density at radius 1 is 1.16 bits per heavy atom. The van der Waals surface area contributed by atoms with Crippen LogP contribution in [0.2, 0.25) is 0 Å². The van der Waals surface area contributed by atoms with E-state index < -0.39 is 5.60 Å². The van der Waals surface area contributed by atoms with Crippen LogP contribution < -0.4 is 4.90 Å². The number of pyridine rings is 2. The van der Waals surface area contributed by atoms with Gasteiger partial charge in [0.15, 0.2) is 5.65 Å². The SMILES string of the molecule is CC(C)(C)OC(=O)N1CCN(c2ccc(-c3cc(O)cn4nc5[nH]ncc5c34)cn2)CC1. The molecule has 5 rings (SSSR count). The molecule has 0 spiro atoms. The zero-order valence-corrected chi connectivity index (χ0v) is 18.2. The van der Waals surface area contributed by atoms with Crippen LogP contribution in [-0.4, -0.2) is 72.7 Å². The normalized spacial score (nSPS) is 15.0. The van der Waals surface area contributed by atoms with Gasteiger partial charge in [0.05, 0.1) is 23.3 Å². The second kappa shape index (κ2) is 7.40. The number of anilines is 1. The zero-order valence-electron chi connectivity index (χ0n) is 18.2. The fourth-order valence-electron chi connectivity index (χ4n) is 3.95. The molecule has 0 aliphatic carbocycles. The molecule has 4 aromatic heterocycles. The van der Waals surface area contributed by atoms with Gasteiger partial charge in [-0.1, -0.05) is 0 Å². The summed E-state index contributed by atoms with van der Waals surface area (Å²) in [6.07, 6.45) is 4.81. The van der Waals surface area contributed by atoms with E-state index in [9.17, 15) is 9.90 Å². The minimum atomic E-state index is -0.500. The van der Waals surface area contributed by atoms with E-state index in [1.165, 1.54) is 0 Å². The number of ether oxygens (including phenoxy) is 1. The predicted octanol–water partition coefficient (Wildman–Crippen LogP) is 3.04. The van der Waals surface area contributed by atoms with Crippen molar-refractivity contribution in [2.24, 2.45) is 0 Å². The van der Waals surface area contributed by atoms with Crippen molar-refractivity contribution in [3.63, 3.8) is 0 Å². The average Bonchev–Trinajstić information content (AvgIpc) is 3.33. The van der Waals surface area contributed by atoms with Gasteiger partial charge in [0.25, 0.3) is 0 Å². The molecule has 10 heteroatoms. The Kier molecular flexibility index (Phi) is 4.65. The summed E-state index contributed by atoms with van der Waals surface area (Å²) in [4.78, 5) is 20.8. The molecular weight excluding hydrogens is 410 g/mol. The maximum absolute atomic E-state index is 12.3. The average molecular weight is 435 g/mol. The van der Waals surface area contributed by atoms with Crippen LogP contribution in [0, 0.1) is 0 Å². The van der Waals surface area contributed by atoms with E-state index in [1.807, 2.05) is 32.9 Å². The third-order valence-corrected chi connectivity index (χ3v) is 5.43. The third kappa shape index (κ3) is 3.68. The number of hydrogen-bond donors (Lipinski definition) is 2. The van der Waals surface area contributed by atoms with Crippen molar-refractivity contribution in [2.45, 2.75) is 26.4 Å². The fourth-order valence-corrected chi connectivity index (χ4v) is 3.95. The number of fused-ring (bicyclic) bond motifs is 3. The Morgan fingerprint density at radius 2 is 1.94 bits per heavy atom. The fraction of sp³-hybridized carbons (Fsp3) is 0.364. The van der Waals surface area contributed by atoms with Crippen molar-refractivity contribution >= 4 is 28.5 Å². The molecule has 32 heavy (non-hydrogen) atoms. The minimum absolute atomic E-state index is 0.118. The lowest BCUT2D eigenvalue weighted by atomic mass is 10.1. The standard InChI is InChI=1S/C22H25N7O3/c1-22(2,3)32-21(31)28-8-6-27(7-9-28)18-5-4-14(11-23-18)16-10-15(30)13-29-19(16)17-12-24-25-20(17)26-29/h4-5,10-13,30H,6-9H2,1-3H3,(H,25,26). The van der Waals surface area contributed by atoms with Gasteiger partial charge in [0.2, 0.25) is 0 Å². The van der Waals surface area contributed by atoms with Crippen molar-refractivity contribution < 1.29 is 14.6 Å². The van der Waals surface area contributed by atoms with Crippen LogP contribution in [0.5, 0.6) is 5.75 Å². The van der Waals surface area contributed by atoms with E-state index in [1.54, 1.807) is 34.1 Å². The van der Waals surface area contributed by atoms with Gasteiger partial charge in [-0.3, -0.25) is 5.10 Å². The molecule has 0 aromatic carbocycles. The summed E-state index contributed by atoms with van der Waals surface area (Å²) in [5.41, 5.74) is 2.70. The zero-order chi connectivity index (χ0) is 22.5. The monoisotopic (exact) mass is 435 g/mol. The van der Waals surface area contributed by atoms with Crippen molar-refractivity contribution in [3.05, 3.63) is 36.8 Å². The van der Waals surface area contributed by atoms with E-state index in [4.69, 9.17) is 4.74 Å². The topological polar surface area (TPSA) is 112 Å². The lowest BCUT2D eigenvalue weighted by molar-refractivity contribution is 0.0240. The number of nitrogens with one attached hydrogen (secondary N) is 1. The number of aromatic amines is 1. The number of hydrogen-bond acceptors (Lipinski definition) is 7. The molecule has 5 heterocycles. The van der Waals surface area contributed by atoms with Crippen molar-refractivity contribution in [1.29, 1.82) is 0 Å². The van der Waals surface area contributed by atoms with Crippen LogP contribution in [-0.2, 0) is 4.74 Å². The van der Waals surface area contributed by atoms with Gasteiger partial charge in [-0.25, -0.2) is 14.3 Å². The summed E-state index contributed by atoms with van der Waals surface area (Å²) in [6, 6.07) is 5.65. The van der Waals surface area contributed by atoms with E-state index in [0.29, 0.717) is 31.8 Å². The minimum Gasteiger partial charge on any atom is -0.506 e. The van der Waals surface area contributed by atoms with Gasteiger partial charge in [0.1, 0.15) is 17.2 Å². The van der Waals surface area contributed by atoms with Gasteiger partial charge in [0, 0.05) is 43.5 Å². The smallest absolute Gasteiger partial charge is 0.410 e. The molecule has 10 nitrogen and oxygen atoms in total. The first-order valence-electron chi connectivity index (χ1n) is 10.5. The first-order valence-corrected chi connectivity index (χ1v) is 10.5. The molecule has 1 amide bonds. The predicted molar refractivity (Wildman–Crippen MR) is 120 cm³/mol. The Labute approximate surface area is 184 Å². The number of carbonyl (C=O) groups excluding carboxylic acids is 1. The number of aromatic hydroxyl groups is 1. The van der Waals surface area contributed by atoms with Gasteiger partial charge in [-0.15, -0.1) is 5.10 Å². The lowest BCUT2D eigenvalue weighted by Crippen LogP contribution is -2.50. The molecule has 2 N–H and O–H groups in total. The summed E-state index contributed by atoms with van der Waals surface area (Å²) < 4.78 is 7.11. The van der Waals surface area contributed by atoms with E-state index in [2.05, 4.69) is 25.2 Å². The summed E-state index contributed by atoms with van der Waals surface area (Å²) in [5.74, 6) is 0.962. The first kappa shape index (κ1) is 20.1. The number of aromatic nitrogens is 5. The largest absolute Gasteiger partial charge is 0.506 e. The van der Waals surface area contributed by atoms with E-state index >= 15 is 0 Å². The molecule has 1 fully saturated rings.